The van der Waals surface area contributed by atoms with Gasteiger partial charge in [-0.1, -0.05) is 182 Å². The Balaban J connectivity index is 0.868. The van der Waals surface area contributed by atoms with Crippen LogP contribution in [0.4, 0.5) is 51.2 Å². The van der Waals surface area contributed by atoms with Crippen LogP contribution in [0.25, 0.3) is 65.7 Å². The highest BCUT2D eigenvalue weighted by Gasteiger charge is 2.16. The van der Waals surface area contributed by atoms with Gasteiger partial charge in [0.05, 0.1) is 0 Å². The number of benzene rings is 12. The number of para-hydroxylation sites is 3. The SMILES string of the molecule is c1ccc(-c2cccc3ccccc23)c(Nc2ccc(N(c3ccc(Nc4ccccc4-c4cccc5ccccc45)cc3)c3ccc(Nc4ccccc4-c4cccc5ccccc45)cc3)cc2)c1. The zero-order chi connectivity index (χ0) is 46.6. The van der Waals surface area contributed by atoms with Gasteiger partial charge in [-0.3, -0.25) is 0 Å². The summed E-state index contributed by atoms with van der Waals surface area (Å²) in [5.41, 5.74) is 16.4. The molecule has 0 radical (unpaired) electrons. The Morgan fingerprint density at radius 3 is 0.757 bits per heavy atom. The second-order valence-electron chi connectivity index (χ2n) is 17.6. The molecule has 0 aromatic heterocycles. The molecule has 0 heterocycles. The van der Waals surface area contributed by atoms with E-state index >= 15 is 0 Å². The summed E-state index contributed by atoms with van der Waals surface area (Å²) >= 11 is 0. The van der Waals surface area contributed by atoms with Crippen LogP contribution in [-0.2, 0) is 0 Å². The van der Waals surface area contributed by atoms with Crippen molar-refractivity contribution in [3.05, 3.63) is 273 Å². The van der Waals surface area contributed by atoms with E-state index in [0.717, 1.165) is 67.9 Å². The lowest BCUT2D eigenvalue weighted by Gasteiger charge is -2.26. The predicted molar refractivity (Wildman–Crippen MR) is 299 cm³/mol. The Bertz CT molecular complexity index is 3390. The first kappa shape index (κ1) is 42.0. The minimum absolute atomic E-state index is 1.00. The Kier molecular flexibility index (Phi) is 11.2. The van der Waals surface area contributed by atoms with E-state index in [-0.39, 0.29) is 0 Å². The molecule has 3 N–H and O–H groups in total. The zero-order valence-corrected chi connectivity index (χ0v) is 38.4. The molecule has 12 rings (SSSR count). The van der Waals surface area contributed by atoms with Crippen LogP contribution in [0, 0.1) is 0 Å². The van der Waals surface area contributed by atoms with Crippen molar-refractivity contribution in [3.63, 3.8) is 0 Å². The number of hydrogen-bond acceptors (Lipinski definition) is 4. The topological polar surface area (TPSA) is 39.3 Å². The third-order valence-electron chi connectivity index (χ3n) is 13.2. The number of nitrogens with zero attached hydrogens (tertiary/aromatic N) is 1. The van der Waals surface area contributed by atoms with Gasteiger partial charge in [-0.2, -0.15) is 0 Å². The lowest BCUT2D eigenvalue weighted by atomic mass is 9.97. The standard InChI is InChI=1S/C66H48N4/c1-4-22-55-46(16-1)19-13-28-58(55)61-25-7-10-31-64(61)67-49-34-40-52(41-35-49)70(53-42-36-50(37-43-53)68-65-32-11-8-26-62(65)59-29-14-20-47-17-2-5-23-56(47)59)54-44-38-51(39-45-54)69-66-33-12-9-27-63(66)60-30-15-21-48-18-3-6-24-57(48)60/h1-45,67-69H. The van der Waals surface area contributed by atoms with Crippen molar-refractivity contribution >= 4 is 83.5 Å². The first-order valence-electron chi connectivity index (χ1n) is 23.8. The molecule has 0 bridgehead atoms. The van der Waals surface area contributed by atoms with Gasteiger partial charge in [0.1, 0.15) is 0 Å². The molecule has 0 aliphatic rings. The maximum absolute atomic E-state index is 3.76. The predicted octanol–water partition coefficient (Wildman–Crippen LogP) is 18.8. The van der Waals surface area contributed by atoms with Crippen LogP contribution in [0.15, 0.2) is 273 Å². The molecular weight excluding hydrogens is 849 g/mol. The van der Waals surface area contributed by atoms with Gasteiger partial charge in [0.2, 0.25) is 0 Å². The minimum atomic E-state index is 1.00. The summed E-state index contributed by atoms with van der Waals surface area (Å²) in [7, 11) is 0. The van der Waals surface area contributed by atoms with E-state index in [4.69, 9.17) is 0 Å². The lowest BCUT2D eigenvalue weighted by molar-refractivity contribution is 1.28. The van der Waals surface area contributed by atoms with Crippen LogP contribution in [0.5, 0.6) is 0 Å². The van der Waals surface area contributed by atoms with Crippen molar-refractivity contribution in [1.29, 1.82) is 0 Å². The summed E-state index contributed by atoms with van der Waals surface area (Å²) < 4.78 is 0. The molecule has 0 unspecified atom stereocenters. The molecule has 0 aliphatic carbocycles. The van der Waals surface area contributed by atoms with Crippen molar-refractivity contribution in [2.24, 2.45) is 0 Å². The number of rotatable bonds is 12. The van der Waals surface area contributed by atoms with Crippen LogP contribution < -0.4 is 20.9 Å². The van der Waals surface area contributed by atoms with Gasteiger partial charge in [0, 0.05) is 67.9 Å². The van der Waals surface area contributed by atoms with Gasteiger partial charge in [-0.25, -0.2) is 0 Å². The molecule has 0 amide bonds. The van der Waals surface area contributed by atoms with Crippen LogP contribution in [0.3, 0.4) is 0 Å². The van der Waals surface area contributed by atoms with Crippen LogP contribution in [0.1, 0.15) is 0 Å². The smallest absolute Gasteiger partial charge is 0.0464 e. The van der Waals surface area contributed by atoms with Crippen molar-refractivity contribution in [1.82, 2.24) is 0 Å². The molecule has 332 valence electrons. The largest absolute Gasteiger partial charge is 0.355 e. The molecule has 4 heteroatoms. The Morgan fingerprint density at radius 2 is 0.443 bits per heavy atom. The van der Waals surface area contributed by atoms with E-state index in [1.54, 1.807) is 0 Å². The highest BCUT2D eigenvalue weighted by molar-refractivity contribution is 6.02. The molecule has 0 spiro atoms. The van der Waals surface area contributed by atoms with Crippen molar-refractivity contribution in [2.75, 3.05) is 20.9 Å². The van der Waals surface area contributed by atoms with Crippen LogP contribution >= 0.6 is 0 Å². The second kappa shape index (κ2) is 18.7. The molecular formula is C66H48N4. The van der Waals surface area contributed by atoms with Crippen molar-refractivity contribution < 1.29 is 0 Å². The molecule has 0 saturated carbocycles. The van der Waals surface area contributed by atoms with Gasteiger partial charge < -0.3 is 20.9 Å². The van der Waals surface area contributed by atoms with Crippen molar-refractivity contribution in [3.8, 4) is 33.4 Å². The van der Waals surface area contributed by atoms with E-state index in [0.29, 0.717) is 0 Å². The van der Waals surface area contributed by atoms with Crippen LogP contribution in [0.2, 0.25) is 0 Å². The number of hydrogen-bond donors (Lipinski definition) is 3. The molecule has 0 saturated heterocycles. The van der Waals surface area contributed by atoms with Crippen molar-refractivity contribution in [2.45, 2.75) is 0 Å². The molecule has 0 aliphatic heterocycles. The summed E-state index contributed by atoms with van der Waals surface area (Å²) in [5, 5.41) is 18.7. The van der Waals surface area contributed by atoms with Gasteiger partial charge in [0.25, 0.3) is 0 Å². The van der Waals surface area contributed by atoms with E-state index in [9.17, 15) is 0 Å². The fourth-order valence-corrected chi connectivity index (χ4v) is 9.86. The quantitative estimate of drug-likeness (QED) is 0.114. The summed E-state index contributed by atoms with van der Waals surface area (Å²) in [4.78, 5) is 2.31. The second-order valence-corrected chi connectivity index (χ2v) is 17.6. The Hall–Kier alpha value is -9.38. The van der Waals surface area contributed by atoms with E-state index in [1.165, 1.54) is 49.0 Å². The fourth-order valence-electron chi connectivity index (χ4n) is 9.86. The Labute approximate surface area is 408 Å². The Morgan fingerprint density at radius 1 is 0.200 bits per heavy atom. The zero-order valence-electron chi connectivity index (χ0n) is 38.4. The third kappa shape index (κ3) is 8.36. The van der Waals surface area contributed by atoms with Gasteiger partial charge in [-0.15, -0.1) is 0 Å². The van der Waals surface area contributed by atoms with Gasteiger partial charge in [-0.05, 0) is 140 Å². The monoisotopic (exact) mass is 896 g/mol. The van der Waals surface area contributed by atoms with E-state index < -0.39 is 0 Å². The average molecular weight is 897 g/mol. The summed E-state index contributed by atoms with van der Waals surface area (Å²) in [6.07, 6.45) is 0. The molecule has 0 atom stereocenters. The number of fused-ring (bicyclic) bond motifs is 3. The highest BCUT2D eigenvalue weighted by Crippen LogP contribution is 2.41. The highest BCUT2D eigenvalue weighted by atomic mass is 15.1. The molecule has 4 nitrogen and oxygen atoms in total. The summed E-state index contributed by atoms with van der Waals surface area (Å²) in [5.74, 6) is 0. The maximum Gasteiger partial charge on any atom is 0.0464 e. The molecule has 70 heavy (non-hydrogen) atoms. The first-order chi connectivity index (χ1) is 34.7. The van der Waals surface area contributed by atoms with Gasteiger partial charge >= 0.3 is 0 Å². The maximum atomic E-state index is 3.76. The molecule has 12 aromatic carbocycles. The number of anilines is 9. The minimum Gasteiger partial charge on any atom is -0.355 e. The summed E-state index contributed by atoms with van der Waals surface area (Å²) in [6, 6.07) is 97.2. The first-order valence-corrected chi connectivity index (χ1v) is 23.8. The van der Waals surface area contributed by atoms with Crippen LogP contribution in [-0.4, -0.2) is 0 Å². The van der Waals surface area contributed by atoms with E-state index in [1.807, 2.05) is 0 Å². The van der Waals surface area contributed by atoms with E-state index in [2.05, 4.69) is 294 Å². The number of nitrogens with one attached hydrogen (secondary N) is 3. The lowest BCUT2D eigenvalue weighted by Crippen LogP contribution is -2.10. The normalized spacial score (nSPS) is 11.1. The molecule has 0 fully saturated rings. The van der Waals surface area contributed by atoms with Gasteiger partial charge in [0.15, 0.2) is 0 Å². The summed E-state index contributed by atoms with van der Waals surface area (Å²) in [6.45, 7) is 0. The average Bonchev–Trinajstić information content (AvgIpc) is 3.42. The molecule has 12 aromatic rings. The third-order valence-corrected chi connectivity index (χ3v) is 13.2. The fraction of sp³-hybridized carbons (Fsp3) is 0.